The Morgan fingerprint density at radius 2 is 2.11 bits per heavy atom. The van der Waals surface area contributed by atoms with Crippen molar-refractivity contribution in [3.8, 4) is 0 Å². The van der Waals surface area contributed by atoms with Gasteiger partial charge < -0.3 is 9.32 Å². The van der Waals surface area contributed by atoms with E-state index in [9.17, 15) is 9.59 Å². The van der Waals surface area contributed by atoms with Gasteiger partial charge >= 0.3 is 0 Å². The molecule has 1 atom stereocenters. The van der Waals surface area contributed by atoms with Crippen molar-refractivity contribution in [2.75, 3.05) is 6.54 Å². The third-order valence-electron chi connectivity index (χ3n) is 3.61. The number of amides is 1. The van der Waals surface area contributed by atoms with Gasteiger partial charge in [0.1, 0.15) is 11.5 Å². The number of hydrogen-bond donors (Lipinski definition) is 0. The molecule has 1 saturated heterocycles. The summed E-state index contributed by atoms with van der Waals surface area (Å²) in [6.07, 6.45) is 4.56. The van der Waals surface area contributed by atoms with Gasteiger partial charge in [0.15, 0.2) is 5.76 Å². The van der Waals surface area contributed by atoms with Crippen LogP contribution in [0.25, 0.3) is 0 Å². The zero-order chi connectivity index (χ0) is 13.8. The molecule has 1 fully saturated rings. The second-order valence-corrected chi connectivity index (χ2v) is 5.32. The lowest BCUT2D eigenvalue weighted by molar-refractivity contribution is -0.118. The van der Waals surface area contributed by atoms with E-state index in [2.05, 4.69) is 0 Å². The van der Waals surface area contributed by atoms with Crippen LogP contribution in [0, 0.1) is 6.92 Å². The number of ketones is 1. The molecule has 1 aliphatic heterocycles. The second kappa shape index (κ2) is 6.04. The van der Waals surface area contributed by atoms with Crippen LogP contribution in [0.15, 0.2) is 16.5 Å². The zero-order valence-corrected chi connectivity index (χ0v) is 11.6. The number of Topliss-reactive ketones (excluding diaryl/α,β-unsaturated/α-hetero) is 1. The number of nitrogens with zero attached hydrogens (tertiary/aromatic N) is 1. The molecule has 2 rings (SSSR count). The number of hydrogen-bond acceptors (Lipinski definition) is 3. The average molecular weight is 263 g/mol. The molecule has 1 aromatic heterocycles. The van der Waals surface area contributed by atoms with Crippen molar-refractivity contribution >= 4 is 11.7 Å². The lowest BCUT2D eigenvalue weighted by Crippen LogP contribution is -2.40. The fraction of sp³-hybridized carbons (Fsp3) is 0.600. The standard InChI is InChI=1S/C15H21NO3/c1-11(17)10-13-6-4-3-5-9-16(13)15(18)14-8-7-12(2)19-14/h7-8,13H,3-6,9-10H2,1-2H3. The fourth-order valence-electron chi connectivity index (χ4n) is 2.68. The van der Waals surface area contributed by atoms with Crippen molar-refractivity contribution < 1.29 is 14.0 Å². The predicted molar refractivity (Wildman–Crippen MR) is 72.0 cm³/mol. The third-order valence-corrected chi connectivity index (χ3v) is 3.61. The molecule has 1 aliphatic rings. The maximum Gasteiger partial charge on any atom is 0.289 e. The van der Waals surface area contributed by atoms with Gasteiger partial charge in [0, 0.05) is 19.0 Å². The largest absolute Gasteiger partial charge is 0.456 e. The maximum absolute atomic E-state index is 12.5. The van der Waals surface area contributed by atoms with Gasteiger partial charge in [-0.1, -0.05) is 12.8 Å². The van der Waals surface area contributed by atoms with Crippen molar-refractivity contribution in [2.24, 2.45) is 0 Å². The normalized spacial score (nSPS) is 20.1. The highest BCUT2D eigenvalue weighted by Gasteiger charge is 2.28. The Balaban J connectivity index is 2.17. The van der Waals surface area contributed by atoms with E-state index < -0.39 is 0 Å². The van der Waals surface area contributed by atoms with Crippen LogP contribution in [0.5, 0.6) is 0 Å². The van der Waals surface area contributed by atoms with Crippen LogP contribution in [0.3, 0.4) is 0 Å². The highest BCUT2D eigenvalue weighted by atomic mass is 16.3. The Morgan fingerprint density at radius 1 is 1.32 bits per heavy atom. The minimum atomic E-state index is -0.0822. The van der Waals surface area contributed by atoms with Crippen molar-refractivity contribution in [3.63, 3.8) is 0 Å². The van der Waals surface area contributed by atoms with Gasteiger partial charge in [0.05, 0.1) is 0 Å². The van der Waals surface area contributed by atoms with E-state index in [4.69, 9.17) is 4.42 Å². The zero-order valence-electron chi connectivity index (χ0n) is 11.6. The van der Waals surface area contributed by atoms with Crippen LogP contribution in [0.4, 0.5) is 0 Å². The van der Waals surface area contributed by atoms with Gasteiger partial charge in [-0.25, -0.2) is 0 Å². The third kappa shape index (κ3) is 3.46. The fourth-order valence-corrected chi connectivity index (χ4v) is 2.68. The molecule has 1 amide bonds. The molecule has 0 aliphatic carbocycles. The summed E-state index contributed by atoms with van der Waals surface area (Å²) in [5.74, 6) is 1.18. The van der Waals surface area contributed by atoms with E-state index in [0.29, 0.717) is 12.2 Å². The van der Waals surface area contributed by atoms with Gasteiger partial charge in [0.25, 0.3) is 5.91 Å². The van der Waals surface area contributed by atoms with Crippen LogP contribution < -0.4 is 0 Å². The van der Waals surface area contributed by atoms with Gasteiger partial charge in [0.2, 0.25) is 0 Å². The van der Waals surface area contributed by atoms with E-state index in [1.165, 1.54) is 0 Å². The van der Waals surface area contributed by atoms with Gasteiger partial charge in [-0.3, -0.25) is 9.59 Å². The van der Waals surface area contributed by atoms with Crippen molar-refractivity contribution in [1.82, 2.24) is 4.90 Å². The van der Waals surface area contributed by atoms with E-state index in [-0.39, 0.29) is 17.7 Å². The van der Waals surface area contributed by atoms with Crippen molar-refractivity contribution in [2.45, 2.75) is 52.0 Å². The molecule has 104 valence electrons. The first-order valence-electron chi connectivity index (χ1n) is 6.95. The molecule has 0 radical (unpaired) electrons. The molecule has 4 heteroatoms. The van der Waals surface area contributed by atoms with Crippen molar-refractivity contribution in [1.29, 1.82) is 0 Å². The number of rotatable bonds is 3. The van der Waals surface area contributed by atoms with Gasteiger partial charge in [-0.05, 0) is 38.8 Å². The number of furan rings is 1. The summed E-state index contributed by atoms with van der Waals surface area (Å²) in [6.45, 7) is 4.13. The van der Waals surface area contributed by atoms with Gasteiger partial charge in [-0.2, -0.15) is 0 Å². The van der Waals surface area contributed by atoms with Crippen LogP contribution >= 0.6 is 0 Å². The number of likely N-dealkylation sites (tertiary alicyclic amines) is 1. The van der Waals surface area contributed by atoms with Crippen LogP contribution in [0.1, 0.15) is 55.3 Å². The van der Waals surface area contributed by atoms with Crippen LogP contribution in [0.2, 0.25) is 0 Å². The maximum atomic E-state index is 12.5. The van der Waals surface area contributed by atoms with E-state index in [0.717, 1.165) is 38.0 Å². The summed E-state index contributed by atoms with van der Waals surface area (Å²) in [5, 5.41) is 0. The molecule has 19 heavy (non-hydrogen) atoms. The van der Waals surface area contributed by atoms with Crippen LogP contribution in [-0.2, 0) is 4.79 Å². The lowest BCUT2D eigenvalue weighted by Gasteiger charge is -2.28. The quantitative estimate of drug-likeness (QED) is 0.842. The first kappa shape index (κ1) is 13.8. The minimum Gasteiger partial charge on any atom is -0.456 e. The molecule has 1 aromatic rings. The molecule has 0 spiro atoms. The molecular weight excluding hydrogens is 242 g/mol. The summed E-state index contributed by atoms with van der Waals surface area (Å²) in [6, 6.07) is 3.54. The van der Waals surface area contributed by atoms with E-state index in [1.54, 1.807) is 19.1 Å². The van der Waals surface area contributed by atoms with Gasteiger partial charge in [-0.15, -0.1) is 0 Å². The molecular formula is C15H21NO3. The van der Waals surface area contributed by atoms with Crippen LogP contribution in [-0.4, -0.2) is 29.2 Å². The smallest absolute Gasteiger partial charge is 0.289 e. The topological polar surface area (TPSA) is 50.5 Å². The SMILES string of the molecule is CC(=O)CC1CCCCCN1C(=O)c1ccc(C)o1. The number of carbonyl (C=O) groups excluding carboxylic acids is 2. The molecule has 0 aromatic carbocycles. The second-order valence-electron chi connectivity index (χ2n) is 5.32. The van der Waals surface area contributed by atoms with E-state index >= 15 is 0 Å². The Labute approximate surface area is 113 Å². The highest BCUT2D eigenvalue weighted by Crippen LogP contribution is 2.22. The highest BCUT2D eigenvalue weighted by molar-refractivity contribution is 5.92. The monoisotopic (exact) mass is 263 g/mol. The Morgan fingerprint density at radius 3 is 2.74 bits per heavy atom. The Hall–Kier alpha value is -1.58. The number of carbonyl (C=O) groups is 2. The predicted octanol–water partition coefficient (Wildman–Crippen LogP) is 2.95. The Kier molecular flexibility index (Phi) is 4.40. The summed E-state index contributed by atoms with van der Waals surface area (Å²) < 4.78 is 5.42. The molecule has 0 N–H and O–H groups in total. The first-order valence-corrected chi connectivity index (χ1v) is 6.95. The minimum absolute atomic E-state index is 0.0258. The molecule has 2 heterocycles. The Bertz CT molecular complexity index is 464. The average Bonchev–Trinajstić information content (AvgIpc) is 2.65. The number of aryl methyl sites for hydroxylation is 1. The summed E-state index contributed by atoms with van der Waals surface area (Å²) in [7, 11) is 0. The van der Waals surface area contributed by atoms with Crippen molar-refractivity contribution in [3.05, 3.63) is 23.7 Å². The lowest BCUT2D eigenvalue weighted by atomic mass is 10.0. The summed E-state index contributed by atoms with van der Waals surface area (Å²) >= 11 is 0. The first-order chi connectivity index (χ1) is 9.08. The molecule has 1 unspecified atom stereocenters. The summed E-state index contributed by atoms with van der Waals surface area (Å²) in [5.41, 5.74) is 0. The molecule has 0 bridgehead atoms. The summed E-state index contributed by atoms with van der Waals surface area (Å²) in [4.78, 5) is 25.7. The van der Waals surface area contributed by atoms with E-state index in [1.807, 2.05) is 11.8 Å². The molecule has 0 saturated carbocycles. The molecule has 4 nitrogen and oxygen atoms in total.